The number of methoxy groups -OCH3 is 1. The third-order valence-electron chi connectivity index (χ3n) is 6.24. The van der Waals surface area contributed by atoms with Crippen LogP contribution in [0.4, 0.5) is 32.3 Å². The molecule has 0 aliphatic carbocycles. The number of rotatable bonds is 6. The number of nitrogens with one attached hydrogen (secondary N) is 2. The second-order valence-electron chi connectivity index (χ2n) is 9.76. The molecule has 0 radical (unpaired) electrons. The van der Waals surface area contributed by atoms with Crippen molar-refractivity contribution in [2.75, 3.05) is 32.1 Å². The minimum absolute atomic E-state index is 0.0597. The van der Waals surface area contributed by atoms with Crippen LogP contribution in [0.15, 0.2) is 48.7 Å². The highest BCUT2D eigenvalue weighted by molar-refractivity contribution is 5.95. The number of carboxylic acid groups (broad SMARTS) is 1. The second-order valence-corrected chi connectivity index (χ2v) is 9.76. The van der Waals surface area contributed by atoms with Crippen LogP contribution in [0.2, 0.25) is 0 Å². The summed E-state index contributed by atoms with van der Waals surface area (Å²) in [6, 6.07) is 9.39. The van der Waals surface area contributed by atoms with Gasteiger partial charge in [0.15, 0.2) is 0 Å². The summed E-state index contributed by atoms with van der Waals surface area (Å²) in [6.07, 6.45) is -8.20. The summed E-state index contributed by atoms with van der Waals surface area (Å²) in [5, 5.41) is 15.5. The van der Waals surface area contributed by atoms with Crippen LogP contribution in [-0.4, -0.2) is 60.4 Å². The largest absolute Gasteiger partial charge is 0.496 e. The Morgan fingerprint density at radius 2 is 1.62 bits per heavy atom. The van der Waals surface area contributed by atoms with E-state index in [1.165, 1.54) is 13.2 Å². The maximum atomic E-state index is 12.4. The highest BCUT2D eigenvalue weighted by Crippen LogP contribution is 2.36. The molecule has 3 N–H and O–H groups in total. The van der Waals surface area contributed by atoms with Crippen LogP contribution in [-0.2, 0) is 18.9 Å². The topological polar surface area (TPSA) is 99.6 Å². The first-order chi connectivity index (χ1) is 19.6. The zero-order valence-corrected chi connectivity index (χ0v) is 23.3. The number of aromatic carboxylic acids is 1. The number of para-hydroxylation sites is 1. The molecule has 42 heavy (non-hydrogen) atoms. The SMILES string of the molecule is CNCc1cc(C(F)(F)F)cc(C(F)(F)F)c1.COc1ccccc1-c1nc(N2C[C@@H](C)N[C@H](C)C2)ncc1C(=O)O. The van der Waals surface area contributed by atoms with E-state index >= 15 is 0 Å². The van der Waals surface area contributed by atoms with Gasteiger partial charge in [0.05, 0.1) is 23.9 Å². The van der Waals surface area contributed by atoms with E-state index in [9.17, 15) is 36.2 Å². The predicted octanol–water partition coefficient (Wildman–Crippen LogP) is 5.48. The van der Waals surface area contributed by atoms with E-state index < -0.39 is 29.4 Å². The third-order valence-corrected chi connectivity index (χ3v) is 6.24. The van der Waals surface area contributed by atoms with Gasteiger partial charge in [0.1, 0.15) is 11.3 Å². The van der Waals surface area contributed by atoms with Crippen molar-refractivity contribution in [2.45, 2.75) is 44.8 Å². The van der Waals surface area contributed by atoms with Crippen molar-refractivity contribution in [1.29, 1.82) is 0 Å². The molecule has 228 valence electrons. The standard InChI is InChI=1S/C18H22N4O3.C10H9F6N/c1-11-9-22(10-12(2)20-11)18-19-8-14(17(23)24)16(21-18)13-6-4-5-7-15(13)25-3;1-17-5-6-2-7(9(11,12)13)4-8(3-6)10(14,15)16/h4-8,11-12,20H,9-10H2,1-3H3,(H,23,24);2-4,17H,5H2,1H3/t11-,12-;/m1./s1. The maximum absolute atomic E-state index is 12.4. The zero-order valence-electron chi connectivity index (χ0n) is 23.3. The van der Waals surface area contributed by atoms with Crippen molar-refractivity contribution >= 4 is 11.9 Å². The Labute approximate surface area is 238 Å². The smallest absolute Gasteiger partial charge is 0.416 e. The van der Waals surface area contributed by atoms with Gasteiger partial charge in [-0.3, -0.25) is 0 Å². The number of piperazine rings is 1. The number of carboxylic acids is 1. The van der Waals surface area contributed by atoms with Gasteiger partial charge in [-0.25, -0.2) is 14.8 Å². The molecule has 0 amide bonds. The Morgan fingerprint density at radius 3 is 2.12 bits per heavy atom. The zero-order chi connectivity index (χ0) is 31.2. The number of nitrogens with zero attached hydrogens (tertiary/aromatic N) is 3. The number of anilines is 1. The lowest BCUT2D eigenvalue weighted by molar-refractivity contribution is -0.143. The average molecular weight is 600 g/mol. The summed E-state index contributed by atoms with van der Waals surface area (Å²) < 4.78 is 79.7. The van der Waals surface area contributed by atoms with Crippen LogP contribution in [0.1, 0.15) is 40.9 Å². The lowest BCUT2D eigenvalue weighted by Crippen LogP contribution is -2.54. The van der Waals surface area contributed by atoms with Crippen molar-refractivity contribution < 1.29 is 41.0 Å². The normalized spacial score (nSPS) is 17.3. The molecule has 2 heterocycles. The number of alkyl halides is 6. The highest BCUT2D eigenvalue weighted by atomic mass is 19.4. The van der Waals surface area contributed by atoms with E-state index in [4.69, 9.17) is 4.74 Å². The van der Waals surface area contributed by atoms with E-state index in [0.717, 1.165) is 13.1 Å². The van der Waals surface area contributed by atoms with E-state index in [1.54, 1.807) is 19.2 Å². The quantitative estimate of drug-likeness (QED) is 0.321. The van der Waals surface area contributed by atoms with E-state index in [1.807, 2.05) is 12.1 Å². The molecule has 1 saturated heterocycles. The first-order valence-electron chi connectivity index (χ1n) is 12.8. The van der Waals surface area contributed by atoms with Crippen molar-refractivity contribution in [1.82, 2.24) is 20.6 Å². The maximum Gasteiger partial charge on any atom is 0.416 e. The molecule has 2 aromatic carbocycles. The highest BCUT2D eigenvalue weighted by Gasteiger charge is 2.36. The summed E-state index contributed by atoms with van der Waals surface area (Å²) in [7, 11) is 2.99. The lowest BCUT2D eigenvalue weighted by Gasteiger charge is -2.36. The summed E-state index contributed by atoms with van der Waals surface area (Å²) >= 11 is 0. The van der Waals surface area contributed by atoms with Gasteiger partial charge >= 0.3 is 18.3 Å². The fourth-order valence-corrected chi connectivity index (χ4v) is 4.54. The number of hydrogen-bond acceptors (Lipinski definition) is 7. The van der Waals surface area contributed by atoms with Gasteiger partial charge in [0.25, 0.3) is 0 Å². The average Bonchev–Trinajstić information content (AvgIpc) is 2.91. The number of ether oxygens (including phenoxy) is 1. The van der Waals surface area contributed by atoms with Crippen LogP contribution in [0.25, 0.3) is 11.3 Å². The molecular weight excluding hydrogens is 568 g/mol. The fourth-order valence-electron chi connectivity index (χ4n) is 4.54. The van der Waals surface area contributed by atoms with Gasteiger partial charge in [-0.05, 0) is 56.8 Å². The number of carbonyl (C=O) groups is 1. The molecule has 1 aliphatic heterocycles. The second kappa shape index (κ2) is 13.4. The van der Waals surface area contributed by atoms with Gasteiger partial charge in [-0.2, -0.15) is 26.3 Å². The van der Waals surface area contributed by atoms with Gasteiger partial charge in [-0.1, -0.05) is 12.1 Å². The Morgan fingerprint density at radius 1 is 1.05 bits per heavy atom. The minimum Gasteiger partial charge on any atom is -0.496 e. The van der Waals surface area contributed by atoms with Gasteiger partial charge in [-0.15, -0.1) is 0 Å². The summed E-state index contributed by atoms with van der Waals surface area (Å²) in [5.74, 6) is 0.0531. The molecule has 2 atom stereocenters. The number of halogens is 6. The molecule has 8 nitrogen and oxygen atoms in total. The first kappa shape index (κ1) is 32.6. The monoisotopic (exact) mass is 599 g/mol. The van der Waals surface area contributed by atoms with Gasteiger partial charge < -0.3 is 25.4 Å². The summed E-state index contributed by atoms with van der Waals surface area (Å²) in [6.45, 7) is 5.68. The van der Waals surface area contributed by atoms with Crippen molar-refractivity contribution in [3.05, 3.63) is 70.9 Å². The molecule has 4 rings (SSSR count). The molecule has 0 unspecified atom stereocenters. The Kier molecular flexibility index (Phi) is 10.4. The molecule has 3 aromatic rings. The van der Waals surface area contributed by atoms with E-state index in [2.05, 4.69) is 39.3 Å². The number of hydrogen-bond donors (Lipinski definition) is 3. The van der Waals surface area contributed by atoms with Crippen LogP contribution < -0.4 is 20.3 Å². The predicted molar refractivity (Wildman–Crippen MR) is 144 cm³/mol. The van der Waals surface area contributed by atoms with E-state index in [0.29, 0.717) is 47.2 Å². The van der Waals surface area contributed by atoms with Crippen molar-refractivity contribution in [3.8, 4) is 17.0 Å². The summed E-state index contributed by atoms with van der Waals surface area (Å²) in [5.41, 5.74) is -1.58. The van der Waals surface area contributed by atoms with E-state index in [-0.39, 0.29) is 23.7 Å². The number of aromatic nitrogens is 2. The minimum atomic E-state index is -4.79. The molecule has 0 spiro atoms. The molecule has 1 aromatic heterocycles. The molecule has 0 saturated carbocycles. The van der Waals surface area contributed by atoms with Crippen molar-refractivity contribution in [2.24, 2.45) is 0 Å². The molecule has 0 bridgehead atoms. The van der Waals surface area contributed by atoms with Crippen LogP contribution in [0, 0.1) is 0 Å². The molecule has 1 fully saturated rings. The van der Waals surface area contributed by atoms with Crippen LogP contribution >= 0.6 is 0 Å². The molecule has 14 heteroatoms. The molecule has 1 aliphatic rings. The Hall–Kier alpha value is -3.91. The van der Waals surface area contributed by atoms with Gasteiger partial charge in [0.2, 0.25) is 5.95 Å². The lowest BCUT2D eigenvalue weighted by atomic mass is 10.0. The molecular formula is C28H31F6N5O3. The van der Waals surface area contributed by atoms with Gasteiger partial charge in [0, 0.05) is 43.5 Å². The van der Waals surface area contributed by atoms with Crippen LogP contribution in [0.3, 0.4) is 0 Å². The Balaban J connectivity index is 0.000000250. The fraction of sp³-hybridized carbons (Fsp3) is 0.393. The summed E-state index contributed by atoms with van der Waals surface area (Å²) in [4.78, 5) is 22.6. The Bertz CT molecular complexity index is 1340. The first-order valence-corrected chi connectivity index (χ1v) is 12.8. The van der Waals surface area contributed by atoms with Crippen LogP contribution in [0.5, 0.6) is 5.75 Å². The number of benzene rings is 2. The third kappa shape index (κ3) is 8.32. The van der Waals surface area contributed by atoms with Crippen molar-refractivity contribution in [3.63, 3.8) is 0 Å².